The zero-order valence-electron chi connectivity index (χ0n) is 11.2. The number of ether oxygens (including phenoxy) is 1. The van der Waals surface area contributed by atoms with Crippen LogP contribution in [0.15, 0.2) is 40.9 Å². The molecule has 0 aromatic heterocycles. The molecule has 0 aliphatic rings. The Bertz CT molecular complexity index is 656. The molecule has 0 aliphatic carbocycles. The third-order valence-corrected chi connectivity index (χ3v) is 3.78. The molecule has 104 valence electrons. The average Bonchev–Trinajstić information content (AvgIpc) is 2.42. The highest BCUT2D eigenvalue weighted by Crippen LogP contribution is 2.24. The average molecular weight is 335 g/mol. The summed E-state index contributed by atoms with van der Waals surface area (Å²) in [6.45, 7) is 1.99. The Morgan fingerprint density at radius 3 is 2.60 bits per heavy atom. The number of nitrogen functional groups attached to an aromatic ring is 1. The Hall–Kier alpha value is -2.01. The minimum Gasteiger partial charge on any atom is -0.495 e. The van der Waals surface area contributed by atoms with Crippen LogP contribution in [0.2, 0.25) is 0 Å². The molecule has 0 saturated carbocycles. The molecular weight excluding hydrogens is 320 g/mol. The lowest BCUT2D eigenvalue weighted by atomic mass is 10.1. The summed E-state index contributed by atoms with van der Waals surface area (Å²) in [5.41, 5.74) is 8.55. The predicted molar refractivity (Wildman–Crippen MR) is 84.2 cm³/mol. The summed E-state index contributed by atoms with van der Waals surface area (Å²) in [7, 11) is 1.54. The van der Waals surface area contributed by atoms with E-state index in [1.54, 1.807) is 18.2 Å². The van der Waals surface area contributed by atoms with E-state index < -0.39 is 0 Å². The van der Waals surface area contributed by atoms with Crippen molar-refractivity contribution < 1.29 is 9.53 Å². The quantitative estimate of drug-likeness (QED) is 0.843. The van der Waals surface area contributed by atoms with Crippen molar-refractivity contribution in [2.45, 2.75) is 6.92 Å². The number of nitrogens with one attached hydrogen (secondary N) is 1. The summed E-state index contributed by atoms with van der Waals surface area (Å²) in [5, 5.41) is 2.83. The molecular formula is C15H15BrN2O2. The third kappa shape index (κ3) is 3.11. The maximum Gasteiger partial charge on any atom is 0.255 e. The molecule has 4 nitrogen and oxygen atoms in total. The minimum absolute atomic E-state index is 0.213. The van der Waals surface area contributed by atoms with Crippen molar-refractivity contribution in [3.8, 4) is 5.75 Å². The molecule has 0 fully saturated rings. The fourth-order valence-electron chi connectivity index (χ4n) is 1.75. The number of carbonyl (C=O) groups is 1. The van der Waals surface area contributed by atoms with Crippen LogP contribution in [0.25, 0.3) is 0 Å². The number of hydrogen-bond donors (Lipinski definition) is 2. The van der Waals surface area contributed by atoms with Gasteiger partial charge in [-0.3, -0.25) is 4.79 Å². The number of hydrogen-bond acceptors (Lipinski definition) is 3. The number of rotatable bonds is 3. The van der Waals surface area contributed by atoms with Crippen LogP contribution in [-0.2, 0) is 0 Å². The topological polar surface area (TPSA) is 64.3 Å². The van der Waals surface area contributed by atoms with E-state index in [1.807, 2.05) is 25.1 Å². The van der Waals surface area contributed by atoms with Crippen molar-refractivity contribution in [3.05, 3.63) is 52.0 Å². The molecule has 0 spiro atoms. The lowest BCUT2D eigenvalue weighted by Crippen LogP contribution is -2.12. The van der Waals surface area contributed by atoms with Gasteiger partial charge in [0.2, 0.25) is 0 Å². The number of aryl methyl sites for hydroxylation is 1. The molecule has 0 unspecified atom stereocenters. The molecule has 0 saturated heterocycles. The van der Waals surface area contributed by atoms with E-state index in [0.29, 0.717) is 17.0 Å². The smallest absolute Gasteiger partial charge is 0.255 e. The Morgan fingerprint density at radius 2 is 2.00 bits per heavy atom. The first-order chi connectivity index (χ1) is 9.51. The van der Waals surface area contributed by atoms with Gasteiger partial charge in [-0.25, -0.2) is 0 Å². The molecule has 0 bridgehead atoms. The number of carbonyl (C=O) groups excluding carboxylic acids is 1. The van der Waals surface area contributed by atoms with Gasteiger partial charge in [0.25, 0.3) is 5.91 Å². The lowest BCUT2D eigenvalue weighted by molar-refractivity contribution is 0.102. The van der Waals surface area contributed by atoms with Crippen molar-refractivity contribution >= 4 is 33.2 Å². The third-order valence-electron chi connectivity index (χ3n) is 2.92. The molecule has 2 rings (SSSR count). The van der Waals surface area contributed by atoms with Crippen molar-refractivity contribution in [1.29, 1.82) is 0 Å². The van der Waals surface area contributed by atoms with Gasteiger partial charge in [0.05, 0.1) is 12.8 Å². The van der Waals surface area contributed by atoms with Gasteiger partial charge in [-0.15, -0.1) is 0 Å². The van der Waals surface area contributed by atoms with E-state index in [1.165, 1.54) is 7.11 Å². The lowest BCUT2D eigenvalue weighted by Gasteiger charge is -2.09. The van der Waals surface area contributed by atoms with Gasteiger partial charge in [0, 0.05) is 15.7 Å². The van der Waals surface area contributed by atoms with E-state index in [9.17, 15) is 4.79 Å². The molecule has 20 heavy (non-hydrogen) atoms. The maximum absolute atomic E-state index is 12.1. The van der Waals surface area contributed by atoms with Crippen LogP contribution >= 0.6 is 15.9 Å². The fraction of sp³-hybridized carbons (Fsp3) is 0.133. The highest BCUT2D eigenvalue weighted by atomic mass is 79.9. The highest BCUT2D eigenvalue weighted by Gasteiger charge is 2.09. The summed E-state index contributed by atoms with van der Waals surface area (Å²) in [6.07, 6.45) is 0. The van der Waals surface area contributed by atoms with E-state index >= 15 is 0 Å². The number of amides is 1. The van der Waals surface area contributed by atoms with Crippen molar-refractivity contribution in [3.63, 3.8) is 0 Å². The van der Waals surface area contributed by atoms with Crippen molar-refractivity contribution in [2.24, 2.45) is 0 Å². The molecule has 2 aromatic rings. The van der Waals surface area contributed by atoms with E-state index in [2.05, 4.69) is 21.2 Å². The zero-order chi connectivity index (χ0) is 14.7. The van der Waals surface area contributed by atoms with Gasteiger partial charge < -0.3 is 15.8 Å². The van der Waals surface area contributed by atoms with Crippen LogP contribution in [0.3, 0.4) is 0 Å². The van der Waals surface area contributed by atoms with Crippen LogP contribution in [-0.4, -0.2) is 13.0 Å². The largest absolute Gasteiger partial charge is 0.495 e. The number of methoxy groups -OCH3 is 1. The first-order valence-electron chi connectivity index (χ1n) is 6.02. The summed E-state index contributed by atoms with van der Waals surface area (Å²) in [5.74, 6) is 0.342. The van der Waals surface area contributed by atoms with Crippen molar-refractivity contribution in [2.75, 3.05) is 18.2 Å². The molecule has 2 aromatic carbocycles. The summed E-state index contributed by atoms with van der Waals surface area (Å²) in [6, 6.07) is 10.6. The monoisotopic (exact) mass is 334 g/mol. The molecule has 0 aliphatic heterocycles. The van der Waals surface area contributed by atoms with Gasteiger partial charge in [0.15, 0.2) is 0 Å². The highest BCUT2D eigenvalue weighted by molar-refractivity contribution is 9.10. The summed E-state index contributed by atoms with van der Waals surface area (Å²) < 4.78 is 6.01. The summed E-state index contributed by atoms with van der Waals surface area (Å²) >= 11 is 3.43. The summed E-state index contributed by atoms with van der Waals surface area (Å²) in [4.78, 5) is 12.1. The number of nitrogens with two attached hydrogens (primary N) is 1. The van der Waals surface area contributed by atoms with Crippen LogP contribution in [0.4, 0.5) is 11.4 Å². The second kappa shape index (κ2) is 5.96. The van der Waals surface area contributed by atoms with Crippen LogP contribution < -0.4 is 15.8 Å². The molecule has 5 heteroatoms. The van der Waals surface area contributed by atoms with E-state index in [-0.39, 0.29) is 5.91 Å². The van der Waals surface area contributed by atoms with Gasteiger partial charge in [0.1, 0.15) is 5.75 Å². The van der Waals surface area contributed by atoms with E-state index in [0.717, 1.165) is 15.7 Å². The number of halogens is 1. The first-order valence-corrected chi connectivity index (χ1v) is 6.81. The predicted octanol–water partition coefficient (Wildman–Crippen LogP) is 3.60. The number of anilines is 2. The Labute approximate surface area is 126 Å². The van der Waals surface area contributed by atoms with E-state index in [4.69, 9.17) is 10.5 Å². The first kappa shape index (κ1) is 14.4. The Balaban J connectivity index is 2.19. The molecule has 0 atom stereocenters. The molecule has 0 radical (unpaired) electrons. The van der Waals surface area contributed by atoms with Gasteiger partial charge in [-0.2, -0.15) is 0 Å². The molecule has 1 amide bonds. The van der Waals surface area contributed by atoms with Gasteiger partial charge in [-0.1, -0.05) is 22.0 Å². The van der Waals surface area contributed by atoms with Gasteiger partial charge >= 0.3 is 0 Å². The van der Waals surface area contributed by atoms with Crippen LogP contribution in [0.5, 0.6) is 5.75 Å². The second-order valence-corrected chi connectivity index (χ2v) is 5.23. The number of benzene rings is 2. The molecule has 3 N–H and O–H groups in total. The van der Waals surface area contributed by atoms with Crippen LogP contribution in [0.1, 0.15) is 15.9 Å². The normalized spacial score (nSPS) is 10.2. The van der Waals surface area contributed by atoms with Crippen LogP contribution in [0, 0.1) is 6.92 Å². The minimum atomic E-state index is -0.213. The van der Waals surface area contributed by atoms with Crippen molar-refractivity contribution in [1.82, 2.24) is 0 Å². The zero-order valence-corrected chi connectivity index (χ0v) is 12.8. The standard InChI is InChI=1S/C15H15BrN2O2/c1-9-3-5-11(8-12(9)16)18-15(19)10-4-6-14(20-2)13(17)7-10/h3-8H,17H2,1-2H3,(H,18,19). The fourth-order valence-corrected chi connectivity index (χ4v) is 2.13. The van der Waals surface area contributed by atoms with Gasteiger partial charge in [-0.05, 0) is 42.8 Å². The SMILES string of the molecule is COc1ccc(C(=O)Nc2ccc(C)c(Br)c2)cc1N. The Morgan fingerprint density at radius 1 is 1.25 bits per heavy atom. The maximum atomic E-state index is 12.1. The second-order valence-electron chi connectivity index (χ2n) is 4.37. The molecule has 0 heterocycles. The Kier molecular flexibility index (Phi) is 4.29.